The average Bonchev–Trinajstić information content (AvgIpc) is 2.52. The van der Waals surface area contributed by atoms with Crippen molar-refractivity contribution in [1.29, 1.82) is 0 Å². The Morgan fingerprint density at radius 2 is 1.55 bits per heavy atom. The third kappa shape index (κ3) is 4.81. The molecule has 1 aromatic rings. The normalized spacial score (nSPS) is 11.6. The molecule has 124 valence electrons. The summed E-state index contributed by atoms with van der Waals surface area (Å²) in [5.74, 6) is -0.176. The van der Waals surface area contributed by atoms with Gasteiger partial charge in [0.15, 0.2) is 0 Å². The molecule has 0 aromatic heterocycles. The van der Waals surface area contributed by atoms with Crippen LogP contribution in [0, 0.1) is 0 Å². The first-order chi connectivity index (χ1) is 10.5. The van der Waals surface area contributed by atoms with Crippen LogP contribution >= 0.6 is 0 Å². The minimum absolute atomic E-state index is 0.176. The van der Waals surface area contributed by atoms with Gasteiger partial charge in [-0.1, -0.05) is 20.8 Å². The van der Waals surface area contributed by atoms with Gasteiger partial charge in [-0.3, -0.25) is 4.79 Å². The lowest BCUT2D eigenvalue weighted by Gasteiger charge is -2.21. The first kappa shape index (κ1) is 18.6. The molecule has 0 fully saturated rings. The number of amides is 1. The molecule has 0 saturated carbocycles. The topological polar surface area (TPSA) is 66.5 Å². The smallest absolute Gasteiger partial charge is 0.251 e. The zero-order valence-electron chi connectivity index (χ0n) is 13.6. The van der Waals surface area contributed by atoms with Crippen LogP contribution in [-0.2, 0) is 10.0 Å². The molecule has 5 nitrogen and oxygen atoms in total. The van der Waals surface area contributed by atoms with E-state index in [1.165, 1.54) is 16.4 Å². The highest BCUT2D eigenvalue weighted by Gasteiger charge is 2.23. The summed E-state index contributed by atoms with van der Waals surface area (Å²) in [7, 11) is -3.48. The molecule has 0 radical (unpaired) electrons. The summed E-state index contributed by atoms with van der Waals surface area (Å²) in [4.78, 5) is 12.1. The van der Waals surface area contributed by atoms with Crippen molar-refractivity contribution in [2.45, 2.75) is 44.9 Å². The fraction of sp³-hybridized carbons (Fsp3) is 0.562. The van der Waals surface area contributed by atoms with Crippen molar-refractivity contribution >= 4 is 15.9 Å². The Balaban J connectivity index is 2.94. The van der Waals surface area contributed by atoms with E-state index in [2.05, 4.69) is 5.32 Å². The second kappa shape index (κ2) is 8.90. The zero-order chi connectivity index (χ0) is 16.6. The van der Waals surface area contributed by atoms with Gasteiger partial charge in [-0.25, -0.2) is 8.42 Å². The standard InChI is InChI=1S/C16H26N2O3S/c1-4-11-17-16(19)14-7-9-15(10-8-14)22(20,21)18(12-5-2)13-6-3/h7-10H,4-6,11-13H2,1-3H3,(H,17,19). The monoisotopic (exact) mass is 326 g/mol. The SMILES string of the molecule is CCCNC(=O)c1ccc(S(=O)(=O)N(CCC)CCC)cc1. The summed E-state index contributed by atoms with van der Waals surface area (Å²) >= 11 is 0. The number of hydrogen-bond acceptors (Lipinski definition) is 3. The average molecular weight is 326 g/mol. The Morgan fingerprint density at radius 1 is 1.00 bits per heavy atom. The largest absolute Gasteiger partial charge is 0.352 e. The summed E-state index contributed by atoms with van der Waals surface area (Å²) in [6.07, 6.45) is 2.41. The zero-order valence-corrected chi connectivity index (χ0v) is 14.4. The van der Waals surface area contributed by atoms with Crippen LogP contribution in [0.5, 0.6) is 0 Å². The van der Waals surface area contributed by atoms with E-state index in [9.17, 15) is 13.2 Å². The molecule has 0 aliphatic rings. The van der Waals surface area contributed by atoms with Crippen LogP contribution in [0.25, 0.3) is 0 Å². The summed E-state index contributed by atoms with van der Waals surface area (Å²) in [6.45, 7) is 7.52. The second-order valence-corrected chi connectivity index (χ2v) is 7.12. The molecule has 0 unspecified atom stereocenters. The number of sulfonamides is 1. The maximum absolute atomic E-state index is 12.6. The fourth-order valence-electron chi connectivity index (χ4n) is 2.12. The van der Waals surface area contributed by atoms with Gasteiger partial charge < -0.3 is 5.32 Å². The van der Waals surface area contributed by atoms with Gasteiger partial charge in [0.05, 0.1) is 4.90 Å². The molecule has 0 bridgehead atoms. The lowest BCUT2D eigenvalue weighted by Crippen LogP contribution is -2.32. The van der Waals surface area contributed by atoms with Crippen molar-refractivity contribution in [2.75, 3.05) is 19.6 Å². The van der Waals surface area contributed by atoms with Crippen LogP contribution in [0.1, 0.15) is 50.4 Å². The van der Waals surface area contributed by atoms with E-state index in [1.54, 1.807) is 12.1 Å². The van der Waals surface area contributed by atoms with Gasteiger partial charge in [-0.05, 0) is 43.5 Å². The molecule has 0 aliphatic carbocycles. The van der Waals surface area contributed by atoms with Crippen LogP contribution in [-0.4, -0.2) is 38.3 Å². The molecule has 0 heterocycles. The van der Waals surface area contributed by atoms with E-state index in [0.717, 1.165) is 19.3 Å². The van der Waals surface area contributed by atoms with Crippen molar-refractivity contribution in [3.8, 4) is 0 Å². The maximum Gasteiger partial charge on any atom is 0.251 e. The van der Waals surface area contributed by atoms with Crippen LogP contribution in [0.2, 0.25) is 0 Å². The Kier molecular flexibility index (Phi) is 7.55. The highest BCUT2D eigenvalue weighted by atomic mass is 32.2. The molecule has 1 amide bonds. The highest BCUT2D eigenvalue weighted by molar-refractivity contribution is 7.89. The van der Waals surface area contributed by atoms with Gasteiger partial charge in [0.25, 0.3) is 5.91 Å². The van der Waals surface area contributed by atoms with E-state index in [4.69, 9.17) is 0 Å². The number of nitrogens with one attached hydrogen (secondary N) is 1. The number of nitrogens with zero attached hydrogens (tertiary/aromatic N) is 1. The van der Waals surface area contributed by atoms with Gasteiger partial charge in [0.1, 0.15) is 0 Å². The summed E-state index contributed by atoms with van der Waals surface area (Å²) < 4.78 is 26.7. The predicted octanol–water partition coefficient (Wildman–Crippen LogP) is 2.64. The molecule has 0 aliphatic heterocycles. The molecule has 0 saturated heterocycles. The Morgan fingerprint density at radius 3 is 2.00 bits per heavy atom. The van der Waals surface area contributed by atoms with Crippen molar-refractivity contribution in [3.63, 3.8) is 0 Å². The van der Waals surface area contributed by atoms with E-state index in [-0.39, 0.29) is 10.8 Å². The summed E-state index contributed by atoms with van der Waals surface area (Å²) in [6, 6.07) is 6.14. The molecule has 0 atom stereocenters. The van der Waals surface area contributed by atoms with Crippen LogP contribution in [0.3, 0.4) is 0 Å². The predicted molar refractivity (Wildman–Crippen MR) is 88.4 cm³/mol. The Hall–Kier alpha value is -1.40. The lowest BCUT2D eigenvalue weighted by atomic mass is 10.2. The number of benzene rings is 1. The minimum atomic E-state index is -3.48. The Labute approximate surface area is 133 Å². The Bertz CT molecular complexity index is 562. The molecule has 1 rings (SSSR count). The van der Waals surface area contributed by atoms with Gasteiger partial charge in [-0.15, -0.1) is 0 Å². The number of carbonyl (C=O) groups excluding carboxylic acids is 1. The van der Waals surface area contributed by atoms with Crippen molar-refractivity contribution in [1.82, 2.24) is 9.62 Å². The lowest BCUT2D eigenvalue weighted by molar-refractivity contribution is 0.0953. The second-order valence-electron chi connectivity index (χ2n) is 5.18. The van der Waals surface area contributed by atoms with Crippen molar-refractivity contribution < 1.29 is 13.2 Å². The molecule has 6 heteroatoms. The maximum atomic E-state index is 12.6. The van der Waals surface area contributed by atoms with Crippen LogP contribution < -0.4 is 5.32 Å². The fourth-order valence-corrected chi connectivity index (χ4v) is 3.74. The summed E-state index contributed by atoms with van der Waals surface area (Å²) in [5.41, 5.74) is 0.477. The van der Waals surface area contributed by atoms with E-state index in [1.807, 2.05) is 20.8 Å². The van der Waals surface area contributed by atoms with Crippen molar-refractivity contribution in [3.05, 3.63) is 29.8 Å². The third-order valence-corrected chi connectivity index (χ3v) is 5.15. The van der Waals surface area contributed by atoms with E-state index in [0.29, 0.717) is 25.2 Å². The minimum Gasteiger partial charge on any atom is -0.352 e. The third-order valence-electron chi connectivity index (χ3n) is 3.24. The molecular formula is C16H26N2O3S. The van der Waals surface area contributed by atoms with Crippen LogP contribution in [0.15, 0.2) is 29.2 Å². The first-order valence-corrected chi connectivity index (χ1v) is 9.29. The number of rotatable bonds is 9. The van der Waals surface area contributed by atoms with Gasteiger partial charge in [0, 0.05) is 25.2 Å². The highest BCUT2D eigenvalue weighted by Crippen LogP contribution is 2.17. The quantitative estimate of drug-likeness (QED) is 0.758. The summed E-state index contributed by atoms with van der Waals surface area (Å²) in [5, 5.41) is 2.77. The van der Waals surface area contributed by atoms with Gasteiger partial charge >= 0.3 is 0 Å². The van der Waals surface area contributed by atoms with Gasteiger partial charge in [-0.2, -0.15) is 4.31 Å². The molecular weight excluding hydrogens is 300 g/mol. The van der Waals surface area contributed by atoms with Gasteiger partial charge in [0.2, 0.25) is 10.0 Å². The molecule has 22 heavy (non-hydrogen) atoms. The molecule has 1 aromatic carbocycles. The number of hydrogen-bond donors (Lipinski definition) is 1. The first-order valence-electron chi connectivity index (χ1n) is 7.85. The number of carbonyl (C=O) groups is 1. The molecule has 0 spiro atoms. The van der Waals surface area contributed by atoms with Crippen LogP contribution in [0.4, 0.5) is 0 Å². The van der Waals surface area contributed by atoms with Crippen molar-refractivity contribution in [2.24, 2.45) is 0 Å². The van der Waals surface area contributed by atoms with E-state index < -0.39 is 10.0 Å². The van der Waals surface area contributed by atoms with E-state index >= 15 is 0 Å². The molecule has 1 N–H and O–H groups in total.